The Morgan fingerprint density at radius 2 is 1.69 bits per heavy atom. The minimum Gasteiger partial charge on any atom is -0.306 e. The van der Waals surface area contributed by atoms with Gasteiger partial charge < -0.3 is 4.90 Å². The second-order valence-corrected chi connectivity index (χ2v) is 3.72. The normalized spacial score (nSPS) is 15.8. The molecule has 2 unspecified atom stereocenters. The smallest absolute Gasteiger partial charge is 0.0130 e. The van der Waals surface area contributed by atoms with Crippen LogP contribution in [-0.4, -0.2) is 25.0 Å². The molecule has 0 saturated heterocycles. The SMILES string of the molecule is [CH2]C(c1ccccc1)C(C)N(C)C. The van der Waals surface area contributed by atoms with Gasteiger partial charge in [-0.1, -0.05) is 30.3 Å². The maximum atomic E-state index is 4.19. The van der Waals surface area contributed by atoms with Crippen molar-refractivity contribution in [3.8, 4) is 0 Å². The first kappa shape index (κ1) is 10.3. The first-order valence-corrected chi connectivity index (χ1v) is 4.67. The molecular weight excluding hydrogens is 158 g/mol. The highest BCUT2D eigenvalue weighted by atomic mass is 15.1. The van der Waals surface area contributed by atoms with Crippen molar-refractivity contribution in [1.82, 2.24) is 4.90 Å². The van der Waals surface area contributed by atoms with Gasteiger partial charge >= 0.3 is 0 Å². The van der Waals surface area contributed by atoms with Gasteiger partial charge in [-0.05, 0) is 39.4 Å². The Bertz CT molecular complexity index is 241. The molecule has 0 bridgehead atoms. The van der Waals surface area contributed by atoms with Crippen LogP contribution in [0.15, 0.2) is 30.3 Å². The van der Waals surface area contributed by atoms with Crippen LogP contribution in [0.4, 0.5) is 0 Å². The molecular formula is C12H18N. The third-order valence-electron chi connectivity index (χ3n) is 2.62. The summed E-state index contributed by atoms with van der Waals surface area (Å²) in [5.74, 6) is 0.344. The van der Waals surface area contributed by atoms with Gasteiger partial charge in [-0.15, -0.1) is 0 Å². The van der Waals surface area contributed by atoms with Gasteiger partial charge in [0.25, 0.3) is 0 Å². The first-order valence-electron chi connectivity index (χ1n) is 4.67. The fraction of sp³-hybridized carbons (Fsp3) is 0.417. The molecule has 1 aromatic carbocycles. The number of likely N-dealkylation sites (N-methyl/N-ethyl adjacent to an activating group) is 1. The van der Waals surface area contributed by atoms with E-state index in [2.05, 4.69) is 57.1 Å². The molecule has 0 N–H and O–H groups in total. The number of hydrogen-bond donors (Lipinski definition) is 0. The highest BCUT2D eigenvalue weighted by Gasteiger charge is 2.15. The van der Waals surface area contributed by atoms with Crippen molar-refractivity contribution in [1.29, 1.82) is 0 Å². The topological polar surface area (TPSA) is 3.24 Å². The molecule has 0 fully saturated rings. The van der Waals surface area contributed by atoms with Gasteiger partial charge in [0.15, 0.2) is 0 Å². The average Bonchev–Trinajstić information content (AvgIpc) is 2.17. The van der Waals surface area contributed by atoms with Crippen molar-refractivity contribution in [2.45, 2.75) is 18.9 Å². The fourth-order valence-corrected chi connectivity index (χ4v) is 1.34. The van der Waals surface area contributed by atoms with Crippen LogP contribution in [0.5, 0.6) is 0 Å². The van der Waals surface area contributed by atoms with Crippen LogP contribution in [0.25, 0.3) is 0 Å². The molecule has 0 saturated carbocycles. The van der Waals surface area contributed by atoms with E-state index in [1.807, 2.05) is 6.07 Å². The van der Waals surface area contributed by atoms with E-state index in [9.17, 15) is 0 Å². The lowest BCUT2D eigenvalue weighted by atomic mass is 9.94. The lowest BCUT2D eigenvalue weighted by Crippen LogP contribution is -2.29. The summed E-state index contributed by atoms with van der Waals surface area (Å²) in [5.41, 5.74) is 1.31. The highest BCUT2D eigenvalue weighted by molar-refractivity contribution is 5.21. The fourth-order valence-electron chi connectivity index (χ4n) is 1.34. The lowest BCUT2D eigenvalue weighted by Gasteiger charge is -2.26. The first-order chi connectivity index (χ1) is 6.13. The van der Waals surface area contributed by atoms with Gasteiger partial charge in [-0.2, -0.15) is 0 Å². The Morgan fingerprint density at radius 3 is 2.15 bits per heavy atom. The minimum atomic E-state index is 0.344. The second-order valence-electron chi connectivity index (χ2n) is 3.72. The molecule has 0 aromatic heterocycles. The van der Waals surface area contributed by atoms with E-state index >= 15 is 0 Å². The molecule has 0 spiro atoms. The number of hydrogen-bond acceptors (Lipinski definition) is 1. The summed E-state index contributed by atoms with van der Waals surface area (Å²) in [6.45, 7) is 6.39. The van der Waals surface area contributed by atoms with Gasteiger partial charge in [0.05, 0.1) is 0 Å². The Kier molecular flexibility index (Phi) is 3.49. The summed E-state index contributed by atoms with van der Waals surface area (Å²) in [7, 11) is 4.18. The van der Waals surface area contributed by atoms with Gasteiger partial charge in [0, 0.05) is 6.04 Å². The molecule has 0 heterocycles. The van der Waals surface area contributed by atoms with Gasteiger partial charge in [-0.3, -0.25) is 0 Å². The molecule has 1 heteroatoms. The standard InChI is InChI=1S/C12H18N/c1-10(11(2)13(3)4)12-8-6-5-7-9-12/h5-11H,1H2,2-4H3. The van der Waals surface area contributed by atoms with Crippen molar-refractivity contribution in [3.05, 3.63) is 42.8 Å². The van der Waals surface area contributed by atoms with Crippen molar-refractivity contribution < 1.29 is 0 Å². The molecule has 0 amide bonds. The van der Waals surface area contributed by atoms with E-state index in [0.717, 1.165) is 0 Å². The predicted molar refractivity (Wildman–Crippen MR) is 57.7 cm³/mol. The van der Waals surface area contributed by atoms with Crippen LogP contribution >= 0.6 is 0 Å². The minimum absolute atomic E-state index is 0.344. The maximum Gasteiger partial charge on any atom is 0.0130 e. The third-order valence-corrected chi connectivity index (χ3v) is 2.62. The number of rotatable bonds is 3. The Morgan fingerprint density at radius 1 is 1.15 bits per heavy atom. The maximum absolute atomic E-state index is 4.19. The van der Waals surface area contributed by atoms with Crippen molar-refractivity contribution in [2.75, 3.05) is 14.1 Å². The van der Waals surface area contributed by atoms with E-state index in [-0.39, 0.29) is 0 Å². The van der Waals surface area contributed by atoms with Gasteiger partial charge in [0.1, 0.15) is 0 Å². The van der Waals surface area contributed by atoms with Crippen LogP contribution in [0.1, 0.15) is 18.4 Å². The van der Waals surface area contributed by atoms with Gasteiger partial charge in [0.2, 0.25) is 0 Å². The Hall–Kier alpha value is -0.820. The van der Waals surface area contributed by atoms with Crippen LogP contribution in [0.2, 0.25) is 0 Å². The molecule has 0 aliphatic rings. The van der Waals surface area contributed by atoms with E-state index in [1.54, 1.807) is 0 Å². The Balaban J connectivity index is 2.73. The zero-order chi connectivity index (χ0) is 9.84. The zero-order valence-corrected chi connectivity index (χ0v) is 8.70. The van der Waals surface area contributed by atoms with E-state index in [1.165, 1.54) is 5.56 Å². The Labute approximate surface area is 81.4 Å². The molecule has 71 valence electrons. The summed E-state index contributed by atoms with van der Waals surface area (Å²) in [6.07, 6.45) is 0. The van der Waals surface area contributed by atoms with Crippen LogP contribution in [-0.2, 0) is 0 Å². The highest BCUT2D eigenvalue weighted by Crippen LogP contribution is 2.20. The van der Waals surface area contributed by atoms with Crippen LogP contribution in [0.3, 0.4) is 0 Å². The summed E-state index contributed by atoms with van der Waals surface area (Å²) >= 11 is 0. The monoisotopic (exact) mass is 176 g/mol. The molecule has 0 aliphatic heterocycles. The molecule has 0 aliphatic carbocycles. The molecule has 13 heavy (non-hydrogen) atoms. The summed E-state index contributed by atoms with van der Waals surface area (Å²) < 4.78 is 0. The van der Waals surface area contributed by atoms with Crippen molar-refractivity contribution >= 4 is 0 Å². The zero-order valence-electron chi connectivity index (χ0n) is 8.70. The molecule has 1 nitrogen and oxygen atoms in total. The summed E-state index contributed by atoms with van der Waals surface area (Å²) in [6, 6.07) is 10.9. The number of benzene rings is 1. The van der Waals surface area contributed by atoms with E-state index < -0.39 is 0 Å². The van der Waals surface area contributed by atoms with Crippen LogP contribution < -0.4 is 0 Å². The van der Waals surface area contributed by atoms with Crippen molar-refractivity contribution in [3.63, 3.8) is 0 Å². The van der Waals surface area contributed by atoms with Crippen molar-refractivity contribution in [2.24, 2.45) is 0 Å². The summed E-state index contributed by atoms with van der Waals surface area (Å²) in [5, 5.41) is 0. The number of nitrogens with zero attached hydrogens (tertiary/aromatic N) is 1. The largest absolute Gasteiger partial charge is 0.306 e. The lowest BCUT2D eigenvalue weighted by molar-refractivity contribution is 0.292. The van der Waals surface area contributed by atoms with Gasteiger partial charge in [-0.25, -0.2) is 0 Å². The third kappa shape index (κ3) is 2.56. The van der Waals surface area contributed by atoms with Crippen LogP contribution in [0, 0.1) is 6.92 Å². The van der Waals surface area contributed by atoms with E-state index in [4.69, 9.17) is 0 Å². The summed E-state index contributed by atoms with van der Waals surface area (Å²) in [4.78, 5) is 2.20. The molecule has 1 radical (unpaired) electrons. The molecule has 2 atom stereocenters. The average molecular weight is 176 g/mol. The predicted octanol–water partition coefficient (Wildman–Crippen LogP) is 2.55. The van der Waals surface area contributed by atoms with E-state index in [0.29, 0.717) is 12.0 Å². The molecule has 1 rings (SSSR count). The molecule has 1 aromatic rings. The quantitative estimate of drug-likeness (QED) is 0.684. The second kappa shape index (κ2) is 4.43.